The van der Waals surface area contributed by atoms with Crippen LogP contribution in [0.4, 0.5) is 0 Å². The molecule has 0 spiro atoms. The molecule has 37 heavy (non-hydrogen) atoms. The highest BCUT2D eigenvalue weighted by atomic mass is 16.5. The maximum atomic E-state index is 6.19. The van der Waals surface area contributed by atoms with Crippen molar-refractivity contribution >= 4 is 16.4 Å². The number of pyridine rings is 2. The van der Waals surface area contributed by atoms with E-state index in [4.69, 9.17) is 14.6 Å². The van der Waals surface area contributed by atoms with Crippen LogP contribution in [0.3, 0.4) is 0 Å². The minimum Gasteiger partial charge on any atom is -0.478 e. The van der Waals surface area contributed by atoms with Gasteiger partial charge in [-0.15, -0.1) is 15.3 Å². The summed E-state index contributed by atoms with van der Waals surface area (Å²) in [6.45, 7) is 4.52. The van der Waals surface area contributed by atoms with Crippen molar-refractivity contribution in [3.63, 3.8) is 0 Å². The summed E-state index contributed by atoms with van der Waals surface area (Å²) in [5, 5.41) is 15.3. The van der Waals surface area contributed by atoms with Gasteiger partial charge in [0.25, 0.3) is 0 Å². The highest BCUT2D eigenvalue weighted by Crippen LogP contribution is 2.29. The van der Waals surface area contributed by atoms with Crippen LogP contribution in [0.5, 0.6) is 11.8 Å². The topological polar surface area (TPSA) is 90.6 Å². The van der Waals surface area contributed by atoms with Crippen molar-refractivity contribution in [2.45, 2.75) is 32.3 Å². The Morgan fingerprint density at radius 2 is 1.73 bits per heavy atom. The van der Waals surface area contributed by atoms with Gasteiger partial charge in [-0.1, -0.05) is 24.6 Å². The van der Waals surface area contributed by atoms with E-state index in [1.54, 1.807) is 23.1 Å². The van der Waals surface area contributed by atoms with Gasteiger partial charge in [0.15, 0.2) is 11.5 Å². The molecule has 0 amide bonds. The third-order valence-corrected chi connectivity index (χ3v) is 6.64. The standard InChI is InChI=1S/C28H29N7O2/c1-4-14-34(15-5-1)16-7-17-36-25-12-11-21(18-30-25)20-37-28-24-10-3-2-9-23(24)27-32-31-26(35(27)33-28)22-8-6-13-29-19-22/h2-3,6,8-13,18-19H,1,4-5,7,14-17,20H2. The molecule has 0 radical (unpaired) electrons. The van der Waals surface area contributed by atoms with Crippen LogP contribution in [0.1, 0.15) is 31.2 Å². The van der Waals surface area contributed by atoms with Gasteiger partial charge in [0, 0.05) is 53.1 Å². The number of likely N-dealkylation sites (tertiary alicyclic amines) is 1. The van der Waals surface area contributed by atoms with Crippen LogP contribution >= 0.6 is 0 Å². The Bertz CT molecular complexity index is 1470. The number of piperidine rings is 1. The van der Waals surface area contributed by atoms with Crippen molar-refractivity contribution < 1.29 is 9.47 Å². The van der Waals surface area contributed by atoms with Crippen LogP contribution in [0.25, 0.3) is 27.8 Å². The van der Waals surface area contributed by atoms with E-state index >= 15 is 0 Å². The molecule has 4 aromatic heterocycles. The molecule has 6 rings (SSSR count). The second-order valence-electron chi connectivity index (χ2n) is 9.25. The van der Waals surface area contributed by atoms with E-state index in [-0.39, 0.29) is 0 Å². The van der Waals surface area contributed by atoms with E-state index in [1.807, 2.05) is 48.5 Å². The van der Waals surface area contributed by atoms with E-state index in [0.717, 1.165) is 34.9 Å². The van der Waals surface area contributed by atoms with Crippen LogP contribution in [0, 0.1) is 0 Å². The van der Waals surface area contributed by atoms with E-state index < -0.39 is 0 Å². The predicted molar refractivity (Wildman–Crippen MR) is 140 cm³/mol. The number of fused-ring (bicyclic) bond motifs is 3. The van der Waals surface area contributed by atoms with Crippen molar-refractivity contribution in [2.24, 2.45) is 0 Å². The Hall–Kier alpha value is -4.11. The highest BCUT2D eigenvalue weighted by Gasteiger charge is 2.16. The molecule has 1 aliphatic heterocycles. The van der Waals surface area contributed by atoms with Gasteiger partial charge in [0.2, 0.25) is 11.8 Å². The molecule has 1 aromatic carbocycles. The molecule has 188 valence electrons. The van der Waals surface area contributed by atoms with Crippen LogP contribution < -0.4 is 9.47 Å². The van der Waals surface area contributed by atoms with Crippen molar-refractivity contribution in [3.05, 3.63) is 72.7 Å². The maximum Gasteiger partial charge on any atom is 0.240 e. The van der Waals surface area contributed by atoms with Crippen LogP contribution in [-0.2, 0) is 6.61 Å². The van der Waals surface area contributed by atoms with E-state index in [0.29, 0.717) is 36.4 Å². The number of rotatable bonds is 9. The fourth-order valence-electron chi connectivity index (χ4n) is 4.71. The summed E-state index contributed by atoms with van der Waals surface area (Å²) >= 11 is 0. The first-order valence-corrected chi connectivity index (χ1v) is 12.8. The molecule has 0 unspecified atom stereocenters. The molecule has 0 saturated carbocycles. The monoisotopic (exact) mass is 495 g/mol. The van der Waals surface area contributed by atoms with Gasteiger partial charge in [-0.05, 0) is 56.6 Å². The summed E-state index contributed by atoms with van der Waals surface area (Å²) in [5.74, 6) is 1.76. The summed E-state index contributed by atoms with van der Waals surface area (Å²) in [5.41, 5.74) is 2.44. The summed E-state index contributed by atoms with van der Waals surface area (Å²) < 4.78 is 13.8. The molecule has 0 aliphatic carbocycles. The van der Waals surface area contributed by atoms with Crippen LogP contribution in [0.2, 0.25) is 0 Å². The Kier molecular flexibility index (Phi) is 6.85. The minimum atomic E-state index is 0.328. The number of hydrogen-bond donors (Lipinski definition) is 0. The third kappa shape index (κ3) is 5.22. The molecule has 0 N–H and O–H groups in total. The lowest BCUT2D eigenvalue weighted by atomic mass is 10.1. The summed E-state index contributed by atoms with van der Waals surface area (Å²) in [6, 6.07) is 15.6. The lowest BCUT2D eigenvalue weighted by molar-refractivity contribution is 0.203. The second kappa shape index (κ2) is 10.9. The Morgan fingerprint density at radius 3 is 2.54 bits per heavy atom. The first kappa shape index (κ1) is 23.3. The summed E-state index contributed by atoms with van der Waals surface area (Å²) in [6.07, 6.45) is 10.3. The number of nitrogens with zero attached hydrogens (tertiary/aromatic N) is 7. The van der Waals surface area contributed by atoms with Gasteiger partial charge < -0.3 is 14.4 Å². The van der Waals surface area contributed by atoms with Gasteiger partial charge >= 0.3 is 0 Å². The molecule has 0 bridgehead atoms. The number of benzene rings is 1. The lowest BCUT2D eigenvalue weighted by Gasteiger charge is -2.26. The first-order chi connectivity index (χ1) is 18.3. The van der Waals surface area contributed by atoms with Crippen molar-refractivity contribution in [1.82, 2.24) is 34.7 Å². The molecule has 5 aromatic rings. The quantitative estimate of drug-likeness (QED) is 0.275. The van der Waals surface area contributed by atoms with Crippen molar-refractivity contribution in [2.75, 3.05) is 26.2 Å². The number of aromatic nitrogens is 6. The molecule has 9 nitrogen and oxygen atoms in total. The number of hydrogen-bond acceptors (Lipinski definition) is 8. The van der Waals surface area contributed by atoms with E-state index in [1.165, 1.54) is 32.4 Å². The Balaban J connectivity index is 1.14. The predicted octanol–water partition coefficient (Wildman–Crippen LogP) is 4.57. The SMILES string of the molecule is c1cncc(-c2nnc3c4ccccc4c(OCc4ccc(OCCCN5CCCCC5)nc4)nn23)c1. The highest BCUT2D eigenvalue weighted by molar-refractivity contribution is 5.97. The molecule has 1 aliphatic rings. The maximum absolute atomic E-state index is 6.19. The van der Waals surface area contributed by atoms with Crippen LogP contribution in [0.15, 0.2) is 67.1 Å². The molecule has 5 heterocycles. The van der Waals surface area contributed by atoms with Crippen molar-refractivity contribution in [1.29, 1.82) is 0 Å². The van der Waals surface area contributed by atoms with Crippen LogP contribution in [-0.4, -0.2) is 60.9 Å². The minimum absolute atomic E-state index is 0.328. The average Bonchev–Trinajstić information content (AvgIpc) is 3.40. The fraction of sp³-hybridized carbons (Fsp3) is 0.321. The molecular weight excluding hydrogens is 466 g/mol. The molecule has 9 heteroatoms. The largest absolute Gasteiger partial charge is 0.478 e. The first-order valence-electron chi connectivity index (χ1n) is 12.8. The van der Waals surface area contributed by atoms with Gasteiger partial charge in [0.1, 0.15) is 6.61 Å². The zero-order valence-corrected chi connectivity index (χ0v) is 20.7. The fourth-order valence-corrected chi connectivity index (χ4v) is 4.71. The molecule has 1 fully saturated rings. The van der Waals surface area contributed by atoms with Gasteiger partial charge in [-0.2, -0.15) is 4.52 Å². The summed E-state index contributed by atoms with van der Waals surface area (Å²) in [7, 11) is 0. The third-order valence-electron chi connectivity index (χ3n) is 6.64. The van der Waals surface area contributed by atoms with E-state index in [9.17, 15) is 0 Å². The van der Waals surface area contributed by atoms with E-state index in [2.05, 4.69) is 25.1 Å². The van der Waals surface area contributed by atoms with Gasteiger partial charge in [0.05, 0.1) is 6.61 Å². The molecule has 1 saturated heterocycles. The Morgan fingerprint density at radius 1 is 0.838 bits per heavy atom. The van der Waals surface area contributed by atoms with Gasteiger partial charge in [-0.3, -0.25) is 4.98 Å². The smallest absolute Gasteiger partial charge is 0.240 e. The second-order valence-corrected chi connectivity index (χ2v) is 9.25. The zero-order chi connectivity index (χ0) is 24.9. The Labute approximate surface area is 215 Å². The van der Waals surface area contributed by atoms with Crippen molar-refractivity contribution in [3.8, 4) is 23.1 Å². The van der Waals surface area contributed by atoms with Gasteiger partial charge in [-0.25, -0.2) is 4.98 Å². The zero-order valence-electron chi connectivity index (χ0n) is 20.7. The summed E-state index contributed by atoms with van der Waals surface area (Å²) in [4.78, 5) is 11.2. The average molecular weight is 496 g/mol. The number of ether oxygens (including phenoxy) is 2. The molecular formula is C28H29N7O2. The normalized spacial score (nSPS) is 14.3. The lowest BCUT2D eigenvalue weighted by Crippen LogP contribution is -2.31. The molecule has 0 atom stereocenters.